The Morgan fingerprint density at radius 1 is 1.08 bits per heavy atom. The summed E-state index contributed by atoms with van der Waals surface area (Å²) in [5.74, 6) is -1.03. The van der Waals surface area contributed by atoms with E-state index in [0.717, 1.165) is 5.56 Å². The number of esters is 1. The Kier molecular flexibility index (Phi) is 6.06. The number of benzene rings is 2. The van der Waals surface area contributed by atoms with Gasteiger partial charge in [0.1, 0.15) is 0 Å². The van der Waals surface area contributed by atoms with Crippen LogP contribution in [0.5, 0.6) is 0 Å². The number of ether oxygens (including phenoxy) is 1. The summed E-state index contributed by atoms with van der Waals surface area (Å²) in [6.07, 6.45) is 0. The molecule has 2 aromatic rings. The number of rotatable bonds is 5. The molecule has 0 aromatic heterocycles. The topological polar surface area (TPSA) is 72.6 Å². The van der Waals surface area contributed by atoms with Crippen molar-refractivity contribution < 1.29 is 14.3 Å². The highest BCUT2D eigenvalue weighted by atomic mass is 35.5. The standard InChI is InChI=1S/C17H16Cl2N2O3/c1-21(9-11-2-4-12(18)5-3-11)16(22)10-24-17(23)14-8-13(19)6-7-15(14)20/h2-8H,9-10,20H2,1H3. The third kappa shape index (κ3) is 4.88. The van der Waals surface area contributed by atoms with Gasteiger partial charge in [0.15, 0.2) is 6.61 Å². The number of amides is 1. The van der Waals surface area contributed by atoms with Crippen molar-refractivity contribution in [3.63, 3.8) is 0 Å². The van der Waals surface area contributed by atoms with Gasteiger partial charge in [0, 0.05) is 29.3 Å². The second kappa shape index (κ2) is 8.04. The van der Waals surface area contributed by atoms with Crippen LogP contribution in [0.25, 0.3) is 0 Å². The molecule has 0 aliphatic rings. The van der Waals surface area contributed by atoms with Crippen LogP contribution in [0.3, 0.4) is 0 Å². The highest BCUT2D eigenvalue weighted by Gasteiger charge is 2.16. The number of hydrogen-bond donors (Lipinski definition) is 1. The summed E-state index contributed by atoms with van der Waals surface area (Å²) in [5, 5.41) is 0.989. The lowest BCUT2D eigenvalue weighted by Gasteiger charge is -2.17. The van der Waals surface area contributed by atoms with Crippen molar-refractivity contribution in [3.05, 3.63) is 63.6 Å². The largest absolute Gasteiger partial charge is 0.452 e. The summed E-state index contributed by atoms with van der Waals surface area (Å²) >= 11 is 11.6. The maximum absolute atomic E-state index is 12.1. The maximum Gasteiger partial charge on any atom is 0.340 e. The molecule has 0 fully saturated rings. The van der Waals surface area contributed by atoms with Gasteiger partial charge < -0.3 is 15.4 Å². The summed E-state index contributed by atoms with van der Waals surface area (Å²) in [7, 11) is 1.62. The molecule has 24 heavy (non-hydrogen) atoms. The molecular weight excluding hydrogens is 351 g/mol. The highest BCUT2D eigenvalue weighted by Crippen LogP contribution is 2.18. The van der Waals surface area contributed by atoms with Crippen LogP contribution in [-0.2, 0) is 16.1 Å². The Hall–Kier alpha value is -2.24. The number of nitrogens with two attached hydrogens (primary N) is 1. The van der Waals surface area contributed by atoms with E-state index >= 15 is 0 Å². The first-order chi connectivity index (χ1) is 11.4. The number of anilines is 1. The van der Waals surface area contributed by atoms with Gasteiger partial charge in [-0.05, 0) is 35.9 Å². The minimum Gasteiger partial charge on any atom is -0.452 e. The molecule has 0 radical (unpaired) electrons. The SMILES string of the molecule is CN(Cc1ccc(Cl)cc1)C(=O)COC(=O)c1cc(Cl)ccc1N. The highest BCUT2D eigenvalue weighted by molar-refractivity contribution is 6.31. The second-order valence-corrected chi connectivity index (χ2v) is 6.06. The van der Waals surface area contributed by atoms with E-state index in [4.69, 9.17) is 33.7 Å². The van der Waals surface area contributed by atoms with Gasteiger partial charge >= 0.3 is 5.97 Å². The smallest absolute Gasteiger partial charge is 0.340 e. The van der Waals surface area contributed by atoms with E-state index in [0.29, 0.717) is 16.6 Å². The van der Waals surface area contributed by atoms with Crippen molar-refractivity contribution in [1.29, 1.82) is 0 Å². The number of nitrogen functional groups attached to an aromatic ring is 1. The average molecular weight is 367 g/mol. The van der Waals surface area contributed by atoms with Crippen LogP contribution in [0.4, 0.5) is 5.69 Å². The van der Waals surface area contributed by atoms with Crippen molar-refractivity contribution in [2.24, 2.45) is 0 Å². The first kappa shape index (κ1) is 18.1. The summed E-state index contributed by atoms with van der Waals surface area (Å²) < 4.78 is 5.01. The van der Waals surface area contributed by atoms with E-state index < -0.39 is 5.97 Å². The van der Waals surface area contributed by atoms with E-state index in [-0.39, 0.29) is 23.8 Å². The molecule has 0 bridgehead atoms. The monoisotopic (exact) mass is 366 g/mol. The zero-order chi connectivity index (χ0) is 17.7. The van der Waals surface area contributed by atoms with E-state index in [1.807, 2.05) is 12.1 Å². The van der Waals surface area contributed by atoms with Crippen LogP contribution in [-0.4, -0.2) is 30.4 Å². The Bertz CT molecular complexity index is 748. The minimum atomic E-state index is -0.691. The van der Waals surface area contributed by atoms with Gasteiger partial charge in [0.25, 0.3) is 5.91 Å². The van der Waals surface area contributed by atoms with E-state index in [1.54, 1.807) is 25.2 Å². The minimum absolute atomic E-state index is 0.135. The van der Waals surface area contributed by atoms with E-state index in [9.17, 15) is 9.59 Å². The van der Waals surface area contributed by atoms with Crippen LogP contribution in [0, 0.1) is 0 Å². The number of carbonyl (C=O) groups excluding carboxylic acids is 2. The Labute approximate surface area is 149 Å². The molecule has 1 amide bonds. The lowest BCUT2D eigenvalue weighted by Crippen LogP contribution is -2.30. The third-order valence-electron chi connectivity index (χ3n) is 3.32. The lowest BCUT2D eigenvalue weighted by atomic mass is 10.2. The Morgan fingerprint density at radius 2 is 1.71 bits per heavy atom. The number of halogens is 2. The van der Waals surface area contributed by atoms with Crippen molar-refractivity contribution in [2.75, 3.05) is 19.4 Å². The van der Waals surface area contributed by atoms with Crippen LogP contribution in [0.2, 0.25) is 10.0 Å². The van der Waals surface area contributed by atoms with E-state index in [1.165, 1.54) is 17.0 Å². The first-order valence-corrected chi connectivity index (χ1v) is 7.83. The fourth-order valence-electron chi connectivity index (χ4n) is 1.97. The summed E-state index contributed by atoms with van der Waals surface area (Å²) in [6.45, 7) is 0.00172. The fraction of sp³-hybridized carbons (Fsp3) is 0.176. The molecule has 0 aliphatic carbocycles. The van der Waals surface area contributed by atoms with Gasteiger partial charge in [0.2, 0.25) is 0 Å². The second-order valence-electron chi connectivity index (χ2n) is 5.18. The van der Waals surface area contributed by atoms with Crippen LogP contribution in [0.1, 0.15) is 15.9 Å². The molecule has 126 valence electrons. The summed E-state index contributed by atoms with van der Waals surface area (Å²) in [5.41, 5.74) is 7.00. The van der Waals surface area contributed by atoms with Gasteiger partial charge in [-0.15, -0.1) is 0 Å². The fourth-order valence-corrected chi connectivity index (χ4v) is 2.27. The number of carbonyl (C=O) groups is 2. The van der Waals surface area contributed by atoms with Crippen molar-refractivity contribution in [3.8, 4) is 0 Å². The van der Waals surface area contributed by atoms with E-state index in [2.05, 4.69) is 0 Å². The molecule has 2 aromatic carbocycles. The normalized spacial score (nSPS) is 10.3. The van der Waals surface area contributed by atoms with Gasteiger partial charge in [-0.3, -0.25) is 4.79 Å². The molecule has 0 saturated carbocycles. The molecule has 2 N–H and O–H groups in total. The molecule has 7 heteroatoms. The van der Waals surface area contributed by atoms with Crippen molar-refractivity contribution >= 4 is 40.8 Å². The molecule has 0 atom stereocenters. The molecule has 0 spiro atoms. The van der Waals surface area contributed by atoms with Crippen LogP contribution >= 0.6 is 23.2 Å². The molecule has 0 aliphatic heterocycles. The van der Waals surface area contributed by atoms with Crippen LogP contribution in [0.15, 0.2) is 42.5 Å². The molecule has 0 heterocycles. The summed E-state index contributed by atoms with van der Waals surface area (Å²) in [4.78, 5) is 25.5. The molecule has 2 rings (SSSR count). The first-order valence-electron chi connectivity index (χ1n) is 7.07. The molecule has 0 unspecified atom stereocenters. The Morgan fingerprint density at radius 3 is 2.38 bits per heavy atom. The van der Waals surface area contributed by atoms with Gasteiger partial charge in [-0.25, -0.2) is 4.79 Å². The third-order valence-corrected chi connectivity index (χ3v) is 3.81. The zero-order valence-corrected chi connectivity index (χ0v) is 14.5. The van der Waals surface area contributed by atoms with Crippen LogP contribution < -0.4 is 5.73 Å². The van der Waals surface area contributed by atoms with Gasteiger partial charge in [-0.2, -0.15) is 0 Å². The number of likely N-dealkylation sites (N-methyl/N-ethyl adjacent to an activating group) is 1. The quantitative estimate of drug-likeness (QED) is 0.650. The van der Waals surface area contributed by atoms with Gasteiger partial charge in [-0.1, -0.05) is 35.3 Å². The van der Waals surface area contributed by atoms with Gasteiger partial charge in [0.05, 0.1) is 5.56 Å². The van der Waals surface area contributed by atoms with Crippen molar-refractivity contribution in [2.45, 2.75) is 6.54 Å². The molecular formula is C17H16Cl2N2O3. The predicted molar refractivity (Wildman–Crippen MR) is 94.1 cm³/mol. The summed E-state index contributed by atoms with van der Waals surface area (Å²) in [6, 6.07) is 11.6. The number of hydrogen-bond acceptors (Lipinski definition) is 4. The predicted octanol–water partition coefficient (Wildman–Crippen LogP) is 3.39. The number of nitrogens with zero attached hydrogens (tertiary/aromatic N) is 1. The molecule has 5 nitrogen and oxygen atoms in total. The maximum atomic E-state index is 12.1. The lowest BCUT2D eigenvalue weighted by molar-refractivity contribution is -0.133. The Balaban J connectivity index is 1.91. The average Bonchev–Trinajstić information content (AvgIpc) is 2.56. The molecule has 0 saturated heterocycles. The van der Waals surface area contributed by atoms with Crippen molar-refractivity contribution in [1.82, 2.24) is 4.90 Å². The zero-order valence-electron chi connectivity index (χ0n) is 13.0.